The molecule has 1 heterocycles. The number of ether oxygens (including phenoxy) is 1. The van der Waals surface area contributed by atoms with Crippen molar-refractivity contribution in [3.63, 3.8) is 0 Å². The zero-order valence-corrected chi connectivity index (χ0v) is 15.2. The lowest BCUT2D eigenvalue weighted by atomic mass is 10.2. The molecule has 0 amide bonds. The number of aromatic nitrogens is 3. The molecular weight excluding hydrogens is 332 g/mol. The molecular formula is C19H20N4OS. The van der Waals surface area contributed by atoms with E-state index in [0.717, 1.165) is 16.9 Å². The maximum absolute atomic E-state index is 5.75. The summed E-state index contributed by atoms with van der Waals surface area (Å²) >= 11 is 5.31. The van der Waals surface area contributed by atoms with Gasteiger partial charge < -0.3 is 4.74 Å². The molecule has 0 aliphatic rings. The van der Waals surface area contributed by atoms with E-state index in [1.165, 1.54) is 5.56 Å². The number of aromatic amines is 1. The van der Waals surface area contributed by atoms with Gasteiger partial charge in [-0.25, -0.2) is 5.10 Å². The number of hydrogen-bond donors (Lipinski definition) is 1. The number of H-pyrrole nitrogens is 1. The molecule has 6 heteroatoms. The average molecular weight is 352 g/mol. The maximum atomic E-state index is 5.75. The van der Waals surface area contributed by atoms with Crippen LogP contribution in [0.5, 0.6) is 5.75 Å². The second-order valence-electron chi connectivity index (χ2n) is 6.01. The molecule has 3 aromatic rings. The Morgan fingerprint density at radius 2 is 1.96 bits per heavy atom. The highest BCUT2D eigenvalue weighted by Gasteiger charge is 2.09. The highest BCUT2D eigenvalue weighted by atomic mass is 32.1. The largest absolute Gasteiger partial charge is 0.491 e. The third-order valence-corrected chi connectivity index (χ3v) is 3.78. The van der Waals surface area contributed by atoms with Crippen LogP contribution < -0.4 is 4.74 Å². The standard InChI is InChI=1S/C19H20N4OS/c1-13(2)24-17-6-4-5-16(11-17)18-21-22-19(25)23(18)20-12-15-9-7-14(3)8-10-15/h4-13H,1-3H3,(H,22,25)/b20-12-. The Labute approximate surface area is 152 Å². The van der Waals surface area contributed by atoms with Gasteiger partial charge in [-0.3, -0.25) is 0 Å². The minimum absolute atomic E-state index is 0.107. The molecule has 25 heavy (non-hydrogen) atoms. The first-order valence-corrected chi connectivity index (χ1v) is 8.49. The fraction of sp³-hybridized carbons (Fsp3) is 0.211. The summed E-state index contributed by atoms with van der Waals surface area (Å²) in [4.78, 5) is 0. The van der Waals surface area contributed by atoms with Crippen LogP contribution in [-0.4, -0.2) is 27.2 Å². The summed E-state index contributed by atoms with van der Waals surface area (Å²) in [6, 6.07) is 15.9. The van der Waals surface area contributed by atoms with E-state index in [1.54, 1.807) is 10.9 Å². The van der Waals surface area contributed by atoms with Crippen molar-refractivity contribution in [3.8, 4) is 17.1 Å². The van der Waals surface area contributed by atoms with Gasteiger partial charge in [0, 0.05) is 5.56 Å². The van der Waals surface area contributed by atoms with Crippen LogP contribution in [0.3, 0.4) is 0 Å². The molecule has 128 valence electrons. The van der Waals surface area contributed by atoms with E-state index in [0.29, 0.717) is 10.6 Å². The van der Waals surface area contributed by atoms with Crippen molar-refractivity contribution in [2.45, 2.75) is 26.9 Å². The van der Waals surface area contributed by atoms with Crippen LogP contribution in [0.15, 0.2) is 53.6 Å². The molecule has 0 aliphatic heterocycles. The Morgan fingerprint density at radius 1 is 1.20 bits per heavy atom. The number of hydrogen-bond acceptors (Lipinski definition) is 4. The monoisotopic (exact) mass is 352 g/mol. The van der Waals surface area contributed by atoms with Crippen LogP contribution in [0.25, 0.3) is 11.4 Å². The van der Waals surface area contributed by atoms with Crippen LogP contribution in [0.1, 0.15) is 25.0 Å². The fourth-order valence-corrected chi connectivity index (χ4v) is 2.52. The molecule has 0 spiro atoms. The fourth-order valence-electron chi connectivity index (χ4n) is 2.34. The predicted octanol–water partition coefficient (Wildman–Crippen LogP) is 4.59. The zero-order valence-electron chi connectivity index (χ0n) is 14.4. The first-order valence-electron chi connectivity index (χ1n) is 8.08. The second-order valence-corrected chi connectivity index (χ2v) is 6.40. The minimum atomic E-state index is 0.107. The van der Waals surface area contributed by atoms with Crippen molar-refractivity contribution in [1.82, 2.24) is 14.9 Å². The molecule has 0 aliphatic carbocycles. The summed E-state index contributed by atoms with van der Waals surface area (Å²) < 4.78 is 7.81. The quantitative estimate of drug-likeness (QED) is 0.540. The van der Waals surface area contributed by atoms with E-state index in [9.17, 15) is 0 Å². The predicted molar refractivity (Wildman–Crippen MR) is 103 cm³/mol. The molecule has 0 unspecified atom stereocenters. The first kappa shape index (κ1) is 17.1. The molecule has 1 N–H and O–H groups in total. The zero-order chi connectivity index (χ0) is 17.8. The summed E-state index contributed by atoms with van der Waals surface area (Å²) in [5, 5.41) is 11.6. The van der Waals surface area contributed by atoms with Gasteiger partial charge in [-0.15, -0.1) is 0 Å². The molecule has 0 bridgehead atoms. The van der Waals surface area contributed by atoms with Gasteiger partial charge in [-0.2, -0.15) is 14.9 Å². The maximum Gasteiger partial charge on any atom is 0.216 e. The lowest BCUT2D eigenvalue weighted by Crippen LogP contribution is -2.05. The lowest BCUT2D eigenvalue weighted by Gasteiger charge is -2.10. The Balaban J connectivity index is 1.94. The van der Waals surface area contributed by atoms with Crippen LogP contribution in [0.2, 0.25) is 0 Å². The summed E-state index contributed by atoms with van der Waals surface area (Å²) in [5.74, 6) is 1.43. The van der Waals surface area contributed by atoms with Gasteiger partial charge in [-0.1, -0.05) is 42.0 Å². The lowest BCUT2D eigenvalue weighted by molar-refractivity contribution is 0.242. The van der Waals surface area contributed by atoms with E-state index < -0.39 is 0 Å². The number of nitrogens with one attached hydrogen (secondary N) is 1. The van der Waals surface area contributed by atoms with Gasteiger partial charge in [0.15, 0.2) is 5.82 Å². The van der Waals surface area contributed by atoms with E-state index >= 15 is 0 Å². The van der Waals surface area contributed by atoms with Gasteiger partial charge in [0.2, 0.25) is 4.77 Å². The van der Waals surface area contributed by atoms with Gasteiger partial charge >= 0.3 is 0 Å². The van der Waals surface area contributed by atoms with Crippen molar-refractivity contribution >= 4 is 18.4 Å². The molecule has 0 radical (unpaired) electrons. The second kappa shape index (κ2) is 7.44. The van der Waals surface area contributed by atoms with Crippen molar-refractivity contribution in [1.29, 1.82) is 0 Å². The third-order valence-electron chi connectivity index (χ3n) is 3.51. The van der Waals surface area contributed by atoms with Crippen molar-refractivity contribution in [2.24, 2.45) is 5.10 Å². The Kier molecular flexibility index (Phi) is 5.09. The topological polar surface area (TPSA) is 55.2 Å². The van der Waals surface area contributed by atoms with E-state index in [4.69, 9.17) is 17.0 Å². The van der Waals surface area contributed by atoms with Crippen molar-refractivity contribution < 1.29 is 4.74 Å². The number of nitrogens with zero attached hydrogens (tertiary/aromatic N) is 3. The highest BCUT2D eigenvalue weighted by Crippen LogP contribution is 2.23. The van der Waals surface area contributed by atoms with Gasteiger partial charge in [0.05, 0.1) is 12.3 Å². The average Bonchev–Trinajstić information content (AvgIpc) is 2.95. The van der Waals surface area contributed by atoms with Crippen LogP contribution >= 0.6 is 12.2 Å². The molecule has 0 saturated carbocycles. The number of aryl methyl sites for hydroxylation is 1. The summed E-state index contributed by atoms with van der Waals surface area (Å²) in [7, 11) is 0. The first-order chi connectivity index (χ1) is 12.0. The van der Waals surface area contributed by atoms with Crippen molar-refractivity contribution in [2.75, 3.05) is 0 Å². The Bertz CT molecular complexity index is 939. The van der Waals surface area contributed by atoms with Crippen LogP contribution in [-0.2, 0) is 0 Å². The van der Waals surface area contributed by atoms with Gasteiger partial charge in [0.25, 0.3) is 0 Å². The molecule has 0 fully saturated rings. The molecule has 5 nitrogen and oxygen atoms in total. The molecule has 0 saturated heterocycles. The van der Waals surface area contributed by atoms with Gasteiger partial charge in [-0.05, 0) is 50.7 Å². The SMILES string of the molecule is Cc1ccc(/C=N\n2c(-c3cccc(OC(C)C)c3)n[nH]c2=S)cc1. The number of rotatable bonds is 5. The Hall–Kier alpha value is -2.73. The van der Waals surface area contributed by atoms with Crippen molar-refractivity contribution in [3.05, 3.63) is 64.4 Å². The minimum Gasteiger partial charge on any atom is -0.491 e. The van der Waals surface area contributed by atoms with E-state index in [-0.39, 0.29) is 6.10 Å². The normalized spacial score (nSPS) is 11.4. The smallest absolute Gasteiger partial charge is 0.216 e. The molecule has 1 aromatic heterocycles. The number of benzene rings is 2. The summed E-state index contributed by atoms with van der Waals surface area (Å²) in [6.07, 6.45) is 1.87. The van der Waals surface area contributed by atoms with Crippen LogP contribution in [0, 0.1) is 11.7 Å². The third kappa shape index (κ3) is 4.22. The summed E-state index contributed by atoms with van der Waals surface area (Å²) in [6.45, 7) is 6.04. The van der Waals surface area contributed by atoms with Gasteiger partial charge in [0.1, 0.15) is 5.75 Å². The molecule has 0 atom stereocenters. The Morgan fingerprint density at radius 3 is 2.68 bits per heavy atom. The van der Waals surface area contributed by atoms with E-state index in [1.807, 2.05) is 62.4 Å². The summed E-state index contributed by atoms with van der Waals surface area (Å²) in [5.41, 5.74) is 3.09. The van der Waals surface area contributed by atoms with E-state index in [2.05, 4.69) is 22.2 Å². The highest BCUT2D eigenvalue weighted by molar-refractivity contribution is 7.71. The molecule has 2 aromatic carbocycles. The molecule has 3 rings (SSSR count). The van der Waals surface area contributed by atoms with Crippen LogP contribution in [0.4, 0.5) is 0 Å².